The van der Waals surface area contributed by atoms with E-state index in [0.717, 1.165) is 35.4 Å². The number of hydrogen-bond donors (Lipinski definition) is 0. The van der Waals surface area contributed by atoms with E-state index in [1.54, 1.807) is 6.07 Å². The summed E-state index contributed by atoms with van der Waals surface area (Å²) in [5.74, 6) is -0.705. The first-order valence-corrected chi connectivity index (χ1v) is 11.3. The molecule has 0 saturated carbocycles. The molecule has 1 aliphatic heterocycles. The lowest BCUT2D eigenvalue weighted by Gasteiger charge is -2.28. The Kier molecular flexibility index (Phi) is 5.99. The van der Waals surface area contributed by atoms with Gasteiger partial charge in [0.15, 0.2) is 0 Å². The maximum absolute atomic E-state index is 13.1. The van der Waals surface area contributed by atoms with Gasteiger partial charge in [0.1, 0.15) is 17.3 Å². The minimum Gasteiger partial charge on any atom is -0.457 e. The summed E-state index contributed by atoms with van der Waals surface area (Å²) in [5, 5.41) is 0. The normalized spacial score (nSPS) is 14.6. The zero-order valence-electron chi connectivity index (χ0n) is 17.4. The topological polar surface area (TPSA) is 76.6 Å². The maximum atomic E-state index is 13.1. The average molecular weight is 516 g/mol. The number of benzene rings is 2. The highest BCUT2D eigenvalue weighted by Crippen LogP contribution is 2.34. The second-order valence-electron chi connectivity index (χ2n) is 7.45. The molecule has 4 rings (SSSR count). The van der Waals surface area contributed by atoms with Crippen molar-refractivity contribution in [2.75, 3.05) is 11.4 Å². The molecule has 6 nitrogen and oxygen atoms in total. The van der Waals surface area contributed by atoms with Gasteiger partial charge in [-0.2, -0.15) is 26.3 Å². The highest BCUT2D eigenvalue weighted by molar-refractivity contribution is 7.92. The number of ether oxygens (including phenoxy) is 1. The molecule has 1 amide bonds. The van der Waals surface area contributed by atoms with Gasteiger partial charge in [0.05, 0.1) is 10.5 Å². The molecule has 2 aromatic carbocycles. The van der Waals surface area contributed by atoms with Crippen LogP contribution in [0.5, 0.6) is 11.5 Å². The van der Waals surface area contributed by atoms with Crippen LogP contribution in [0.25, 0.3) is 0 Å². The Bertz CT molecular complexity index is 1390. The van der Waals surface area contributed by atoms with E-state index in [-0.39, 0.29) is 29.4 Å². The van der Waals surface area contributed by atoms with Gasteiger partial charge in [0.25, 0.3) is 15.7 Å². The van der Waals surface area contributed by atoms with Gasteiger partial charge in [-0.15, -0.1) is 0 Å². The summed E-state index contributed by atoms with van der Waals surface area (Å²) in [5.41, 5.74) is -5.64. The summed E-state index contributed by atoms with van der Waals surface area (Å²) < 4.78 is 106. The van der Waals surface area contributed by atoms with Gasteiger partial charge in [-0.25, -0.2) is 13.4 Å². The van der Waals surface area contributed by atoms with Gasteiger partial charge in [-0.05, 0) is 54.4 Å². The van der Waals surface area contributed by atoms with Crippen LogP contribution in [0.4, 0.5) is 32.2 Å². The number of sulfone groups is 1. The number of aromatic nitrogens is 1. The minimum atomic E-state index is -5.64. The van der Waals surface area contributed by atoms with Crippen molar-refractivity contribution in [1.82, 2.24) is 4.98 Å². The number of nitrogens with zero attached hydrogens (tertiary/aromatic N) is 2. The van der Waals surface area contributed by atoms with Crippen LogP contribution in [-0.2, 0) is 22.4 Å². The molecule has 0 fully saturated rings. The Morgan fingerprint density at radius 1 is 0.886 bits per heavy atom. The number of amides is 1. The molecule has 0 radical (unpaired) electrons. The van der Waals surface area contributed by atoms with Crippen LogP contribution in [0.1, 0.15) is 21.5 Å². The summed E-state index contributed by atoms with van der Waals surface area (Å²) in [6, 6.07) is 9.73. The molecule has 0 atom stereocenters. The second kappa shape index (κ2) is 8.56. The predicted molar refractivity (Wildman–Crippen MR) is 111 cm³/mol. The van der Waals surface area contributed by atoms with Crippen molar-refractivity contribution < 1.29 is 44.3 Å². The number of halogens is 6. The minimum absolute atomic E-state index is 0.0352. The first-order valence-electron chi connectivity index (χ1n) is 9.85. The Hall–Kier alpha value is -3.61. The standard InChI is InChI=1S/C22H14F6N2O4S/c23-21(24,25)14-2-5-15(6-3-14)34-16-4-1-13-8-10-30(20(31)18(13)11-16)19-12-17(7-9-29-19)35(32,33)22(26,27)28/h1-7,9,11-12H,8,10H2. The molecule has 1 aromatic heterocycles. The van der Waals surface area contributed by atoms with E-state index in [1.807, 2.05) is 0 Å². The van der Waals surface area contributed by atoms with Gasteiger partial charge >= 0.3 is 11.7 Å². The number of fused-ring (bicyclic) bond motifs is 1. The lowest BCUT2D eigenvalue weighted by Crippen LogP contribution is -2.38. The largest absolute Gasteiger partial charge is 0.501 e. The van der Waals surface area contributed by atoms with Gasteiger partial charge in [0, 0.05) is 24.4 Å². The Morgan fingerprint density at radius 3 is 2.17 bits per heavy atom. The molecule has 0 saturated heterocycles. The fourth-order valence-electron chi connectivity index (χ4n) is 3.43. The van der Waals surface area contributed by atoms with Crippen LogP contribution in [0, 0.1) is 0 Å². The third kappa shape index (κ3) is 4.81. The van der Waals surface area contributed by atoms with Crippen LogP contribution in [0.15, 0.2) is 65.7 Å². The van der Waals surface area contributed by atoms with Crippen LogP contribution in [0.3, 0.4) is 0 Å². The number of carbonyl (C=O) groups excluding carboxylic acids is 1. The molecule has 0 unspecified atom stereocenters. The Balaban J connectivity index is 1.60. The van der Waals surface area contributed by atoms with Crippen LogP contribution in [-0.4, -0.2) is 31.4 Å². The molecule has 0 N–H and O–H groups in total. The number of carbonyl (C=O) groups is 1. The summed E-state index contributed by atoms with van der Waals surface area (Å²) in [4.78, 5) is 16.9. The van der Waals surface area contributed by atoms with Gasteiger partial charge in [-0.3, -0.25) is 9.69 Å². The second-order valence-corrected chi connectivity index (χ2v) is 9.39. The van der Waals surface area contributed by atoms with E-state index in [0.29, 0.717) is 24.1 Å². The van der Waals surface area contributed by atoms with Crippen molar-refractivity contribution in [2.45, 2.75) is 23.0 Å². The van der Waals surface area contributed by atoms with Crippen LogP contribution in [0.2, 0.25) is 0 Å². The average Bonchev–Trinajstić information content (AvgIpc) is 2.79. The summed E-state index contributed by atoms with van der Waals surface area (Å²) >= 11 is 0. The molecular formula is C22H14F6N2O4S. The van der Waals surface area contributed by atoms with Crippen molar-refractivity contribution >= 4 is 21.6 Å². The molecule has 2 heterocycles. The van der Waals surface area contributed by atoms with Gasteiger partial charge in [0.2, 0.25) is 0 Å². The molecule has 3 aromatic rings. The third-order valence-electron chi connectivity index (χ3n) is 5.19. The molecule has 13 heteroatoms. The Morgan fingerprint density at radius 2 is 1.54 bits per heavy atom. The molecule has 0 bridgehead atoms. The molecule has 0 spiro atoms. The number of alkyl halides is 6. The fraction of sp³-hybridized carbons (Fsp3) is 0.182. The molecule has 0 aliphatic carbocycles. The monoisotopic (exact) mass is 516 g/mol. The molecule has 184 valence electrons. The van der Waals surface area contributed by atoms with Crippen molar-refractivity contribution in [3.05, 3.63) is 77.5 Å². The first-order chi connectivity index (χ1) is 16.3. The van der Waals surface area contributed by atoms with E-state index in [2.05, 4.69) is 4.98 Å². The first kappa shape index (κ1) is 24.5. The van der Waals surface area contributed by atoms with E-state index < -0.39 is 37.9 Å². The van der Waals surface area contributed by atoms with Crippen molar-refractivity contribution in [2.24, 2.45) is 0 Å². The lowest BCUT2D eigenvalue weighted by molar-refractivity contribution is -0.137. The number of rotatable bonds is 4. The van der Waals surface area contributed by atoms with E-state index in [4.69, 9.17) is 4.74 Å². The van der Waals surface area contributed by atoms with Crippen LogP contribution >= 0.6 is 0 Å². The number of hydrogen-bond acceptors (Lipinski definition) is 5. The van der Waals surface area contributed by atoms with E-state index >= 15 is 0 Å². The van der Waals surface area contributed by atoms with Crippen molar-refractivity contribution in [1.29, 1.82) is 0 Å². The SMILES string of the molecule is O=C1c2cc(Oc3ccc(C(F)(F)F)cc3)ccc2CCN1c1cc(S(=O)(=O)C(F)(F)F)ccn1. The summed E-state index contributed by atoms with van der Waals surface area (Å²) in [6.45, 7) is 0.0352. The van der Waals surface area contributed by atoms with E-state index in [9.17, 15) is 39.6 Å². The van der Waals surface area contributed by atoms with Gasteiger partial charge in [-0.1, -0.05) is 6.07 Å². The fourth-order valence-corrected chi connectivity index (χ4v) is 4.20. The molecule has 1 aliphatic rings. The summed E-state index contributed by atoms with van der Waals surface area (Å²) in [7, 11) is -5.64. The Labute approximate surface area is 194 Å². The lowest BCUT2D eigenvalue weighted by atomic mass is 9.98. The highest BCUT2D eigenvalue weighted by Gasteiger charge is 2.47. The zero-order valence-corrected chi connectivity index (χ0v) is 18.2. The van der Waals surface area contributed by atoms with Gasteiger partial charge < -0.3 is 4.74 Å². The summed E-state index contributed by atoms with van der Waals surface area (Å²) in [6.07, 6.45) is -3.36. The molecular weight excluding hydrogens is 502 g/mol. The number of pyridine rings is 1. The third-order valence-corrected chi connectivity index (χ3v) is 6.67. The quantitative estimate of drug-likeness (QED) is 0.435. The highest BCUT2D eigenvalue weighted by atomic mass is 32.2. The van der Waals surface area contributed by atoms with E-state index in [1.165, 1.54) is 12.1 Å². The van der Waals surface area contributed by atoms with Crippen molar-refractivity contribution in [3.8, 4) is 11.5 Å². The predicted octanol–water partition coefficient (Wildman–Crippen LogP) is 5.39. The maximum Gasteiger partial charge on any atom is 0.501 e. The van der Waals surface area contributed by atoms with Crippen LogP contribution < -0.4 is 9.64 Å². The zero-order chi connectivity index (χ0) is 25.6. The number of anilines is 1. The van der Waals surface area contributed by atoms with Crippen molar-refractivity contribution in [3.63, 3.8) is 0 Å². The smallest absolute Gasteiger partial charge is 0.457 e. The molecule has 35 heavy (non-hydrogen) atoms.